The molecule has 2 rings (SSSR count). The average Bonchev–Trinajstić information content (AvgIpc) is 2.68. The summed E-state index contributed by atoms with van der Waals surface area (Å²) in [4.78, 5) is 28.1. The van der Waals surface area contributed by atoms with Crippen LogP contribution in [-0.4, -0.2) is 59.2 Å². The van der Waals surface area contributed by atoms with Crippen LogP contribution in [0.4, 0.5) is 5.82 Å². The fourth-order valence-corrected chi connectivity index (χ4v) is 2.53. The summed E-state index contributed by atoms with van der Waals surface area (Å²) in [6, 6.07) is 14.3. The van der Waals surface area contributed by atoms with Crippen LogP contribution in [0.2, 0.25) is 5.02 Å². The molecule has 0 aliphatic rings. The third kappa shape index (κ3) is 9.73. The Balaban J connectivity index is 0.000000447. The molecule has 2 N–H and O–H groups in total. The van der Waals surface area contributed by atoms with Crippen LogP contribution in [0.25, 0.3) is 0 Å². The summed E-state index contributed by atoms with van der Waals surface area (Å²) in [5, 5.41) is 16.4. The number of hydrogen-bond acceptors (Lipinski definition) is 5. The largest absolute Gasteiger partial charge is 0.478 e. The second kappa shape index (κ2) is 12.5. The van der Waals surface area contributed by atoms with E-state index in [1.165, 1.54) is 5.56 Å². The average molecular weight is 420 g/mol. The Labute approximate surface area is 175 Å². The Kier molecular flexibility index (Phi) is 10.4. The van der Waals surface area contributed by atoms with Crippen molar-refractivity contribution in [2.75, 3.05) is 32.1 Å². The van der Waals surface area contributed by atoms with Gasteiger partial charge in [-0.25, -0.2) is 14.6 Å². The number of halogens is 1. The number of carboxylic acids is 2. The van der Waals surface area contributed by atoms with Gasteiger partial charge in [-0.15, -0.1) is 0 Å². The molecule has 0 spiro atoms. The summed E-state index contributed by atoms with van der Waals surface area (Å²) in [5.74, 6) is -1.51. The molecule has 8 heteroatoms. The van der Waals surface area contributed by atoms with Crippen LogP contribution in [0, 0.1) is 0 Å². The first kappa shape index (κ1) is 24.1. The zero-order valence-corrected chi connectivity index (χ0v) is 17.5. The minimum absolute atomic E-state index is 0.247. The summed E-state index contributed by atoms with van der Waals surface area (Å²) in [7, 11) is 4.17. The number of aromatic nitrogens is 1. The number of rotatable bonds is 8. The standard InChI is InChI=1S/C17H22ClN3.C4H4O4/c1-14(15-7-9-16(18)10-8-15)21(13-12-20(2)3)17-6-4-5-11-19-17;5-3(6)1-2-4(7)8/h4-11,14H,12-13H2,1-3H3;1-2H,(H,5,6)(H,7,8)/b;2-1+. The van der Waals surface area contributed by atoms with Crippen LogP contribution >= 0.6 is 11.6 Å². The van der Waals surface area contributed by atoms with Crippen LogP contribution in [0.15, 0.2) is 60.8 Å². The highest BCUT2D eigenvalue weighted by Crippen LogP contribution is 2.26. The molecule has 0 saturated carbocycles. The molecule has 0 aliphatic carbocycles. The SMILES string of the molecule is CC(c1ccc(Cl)cc1)N(CCN(C)C)c1ccccn1.O=C(O)/C=C/C(=O)O. The Hall–Kier alpha value is -2.90. The summed E-state index contributed by atoms with van der Waals surface area (Å²) < 4.78 is 0. The van der Waals surface area contributed by atoms with Crippen LogP contribution in [-0.2, 0) is 9.59 Å². The minimum atomic E-state index is -1.26. The Morgan fingerprint density at radius 1 is 1.03 bits per heavy atom. The van der Waals surface area contributed by atoms with E-state index in [9.17, 15) is 9.59 Å². The van der Waals surface area contributed by atoms with Gasteiger partial charge >= 0.3 is 11.9 Å². The molecule has 1 aromatic heterocycles. The lowest BCUT2D eigenvalue weighted by Crippen LogP contribution is -2.34. The molecule has 1 unspecified atom stereocenters. The lowest BCUT2D eigenvalue weighted by atomic mass is 10.1. The van der Waals surface area contributed by atoms with E-state index in [0.29, 0.717) is 12.2 Å². The number of anilines is 1. The van der Waals surface area contributed by atoms with E-state index < -0.39 is 11.9 Å². The zero-order chi connectivity index (χ0) is 21.8. The maximum absolute atomic E-state index is 9.55. The third-order valence-electron chi connectivity index (χ3n) is 3.92. The highest BCUT2D eigenvalue weighted by molar-refractivity contribution is 6.30. The normalized spacial score (nSPS) is 11.6. The number of aliphatic carboxylic acids is 2. The van der Waals surface area contributed by atoms with Gasteiger partial charge in [0.1, 0.15) is 5.82 Å². The van der Waals surface area contributed by atoms with Crippen molar-refractivity contribution < 1.29 is 19.8 Å². The maximum Gasteiger partial charge on any atom is 0.328 e. The zero-order valence-electron chi connectivity index (χ0n) is 16.7. The summed E-state index contributed by atoms with van der Waals surface area (Å²) >= 11 is 5.98. The Morgan fingerprint density at radius 3 is 2.07 bits per heavy atom. The fraction of sp³-hybridized carbons (Fsp3) is 0.286. The van der Waals surface area contributed by atoms with E-state index in [1.807, 2.05) is 30.5 Å². The Morgan fingerprint density at radius 2 is 1.62 bits per heavy atom. The van der Waals surface area contributed by atoms with Crippen molar-refractivity contribution in [2.24, 2.45) is 0 Å². The molecule has 0 radical (unpaired) electrons. The van der Waals surface area contributed by atoms with E-state index in [2.05, 4.69) is 54.0 Å². The third-order valence-corrected chi connectivity index (χ3v) is 4.17. The highest BCUT2D eigenvalue weighted by Gasteiger charge is 2.17. The van der Waals surface area contributed by atoms with Gasteiger partial charge in [0.05, 0.1) is 6.04 Å². The molecule has 0 amide bonds. The topological polar surface area (TPSA) is 94.0 Å². The number of pyridine rings is 1. The maximum atomic E-state index is 9.55. The number of carboxylic acid groups (broad SMARTS) is 2. The molecule has 29 heavy (non-hydrogen) atoms. The van der Waals surface area contributed by atoms with Crippen molar-refractivity contribution in [3.05, 3.63) is 71.4 Å². The molecule has 0 saturated heterocycles. The molecular weight excluding hydrogens is 394 g/mol. The molecule has 0 bridgehead atoms. The van der Waals surface area contributed by atoms with E-state index >= 15 is 0 Å². The lowest BCUT2D eigenvalue weighted by Gasteiger charge is -2.31. The van der Waals surface area contributed by atoms with Crippen LogP contribution < -0.4 is 4.90 Å². The molecule has 1 atom stereocenters. The van der Waals surface area contributed by atoms with Gasteiger partial charge in [-0.2, -0.15) is 0 Å². The first-order chi connectivity index (χ1) is 13.7. The van der Waals surface area contributed by atoms with E-state index in [-0.39, 0.29) is 6.04 Å². The smallest absolute Gasteiger partial charge is 0.328 e. The molecule has 0 fully saturated rings. The second-order valence-corrected chi connectivity index (χ2v) is 6.86. The summed E-state index contributed by atoms with van der Waals surface area (Å²) in [5.41, 5.74) is 1.24. The second-order valence-electron chi connectivity index (χ2n) is 6.42. The van der Waals surface area contributed by atoms with Crippen molar-refractivity contribution in [3.63, 3.8) is 0 Å². The predicted octanol–water partition coefficient (Wildman–Crippen LogP) is 3.58. The molecule has 1 heterocycles. The van der Waals surface area contributed by atoms with Crippen LogP contribution in [0.3, 0.4) is 0 Å². The Bertz CT molecular complexity index is 779. The van der Waals surface area contributed by atoms with Gasteiger partial charge < -0.3 is 20.0 Å². The van der Waals surface area contributed by atoms with Crippen molar-refractivity contribution in [2.45, 2.75) is 13.0 Å². The number of benzene rings is 1. The highest BCUT2D eigenvalue weighted by atomic mass is 35.5. The van der Waals surface area contributed by atoms with Gasteiger partial charge in [0.25, 0.3) is 0 Å². The van der Waals surface area contributed by atoms with Gasteiger partial charge in [0, 0.05) is 36.5 Å². The van der Waals surface area contributed by atoms with Gasteiger partial charge in [-0.3, -0.25) is 0 Å². The molecule has 156 valence electrons. The number of hydrogen-bond donors (Lipinski definition) is 2. The van der Waals surface area contributed by atoms with Crippen molar-refractivity contribution in [1.29, 1.82) is 0 Å². The number of nitrogens with zero attached hydrogens (tertiary/aromatic N) is 3. The molecule has 1 aromatic carbocycles. The molecule has 0 aliphatic heterocycles. The van der Waals surface area contributed by atoms with Crippen molar-refractivity contribution in [3.8, 4) is 0 Å². The van der Waals surface area contributed by atoms with Gasteiger partial charge in [-0.1, -0.05) is 29.8 Å². The predicted molar refractivity (Wildman–Crippen MR) is 114 cm³/mol. The lowest BCUT2D eigenvalue weighted by molar-refractivity contribution is -0.134. The van der Waals surface area contributed by atoms with E-state index in [1.54, 1.807) is 0 Å². The van der Waals surface area contributed by atoms with Gasteiger partial charge in [-0.05, 0) is 50.8 Å². The number of likely N-dealkylation sites (N-methyl/N-ethyl adjacent to an activating group) is 1. The minimum Gasteiger partial charge on any atom is -0.478 e. The first-order valence-corrected chi connectivity index (χ1v) is 9.30. The molecule has 7 nitrogen and oxygen atoms in total. The van der Waals surface area contributed by atoms with Gasteiger partial charge in [0.2, 0.25) is 0 Å². The quantitative estimate of drug-likeness (QED) is 0.631. The van der Waals surface area contributed by atoms with Crippen LogP contribution in [0.5, 0.6) is 0 Å². The summed E-state index contributed by atoms with van der Waals surface area (Å²) in [6.45, 7) is 4.11. The van der Waals surface area contributed by atoms with E-state index in [0.717, 1.165) is 23.9 Å². The van der Waals surface area contributed by atoms with E-state index in [4.69, 9.17) is 21.8 Å². The monoisotopic (exact) mass is 419 g/mol. The summed E-state index contributed by atoms with van der Waals surface area (Å²) in [6.07, 6.45) is 2.96. The fourth-order valence-electron chi connectivity index (χ4n) is 2.40. The van der Waals surface area contributed by atoms with Crippen molar-refractivity contribution >= 4 is 29.4 Å². The first-order valence-electron chi connectivity index (χ1n) is 8.92. The number of carbonyl (C=O) groups is 2. The van der Waals surface area contributed by atoms with Crippen molar-refractivity contribution in [1.82, 2.24) is 9.88 Å². The molecular formula is C21H26ClN3O4. The van der Waals surface area contributed by atoms with Gasteiger partial charge in [0.15, 0.2) is 0 Å². The van der Waals surface area contributed by atoms with Crippen LogP contribution in [0.1, 0.15) is 18.5 Å². The molecule has 2 aromatic rings.